The monoisotopic (exact) mass is 258 g/mol. The molecule has 0 fully saturated rings. The van der Waals surface area contributed by atoms with Gasteiger partial charge in [-0.2, -0.15) is 13.2 Å². The van der Waals surface area contributed by atoms with Crippen LogP contribution in [0.3, 0.4) is 0 Å². The highest BCUT2D eigenvalue weighted by molar-refractivity contribution is 6.33. The van der Waals surface area contributed by atoms with Gasteiger partial charge in [0, 0.05) is 16.8 Å². The summed E-state index contributed by atoms with van der Waals surface area (Å²) >= 11 is 5.85. The average Bonchev–Trinajstić information content (AvgIpc) is 2.29. The second-order valence-corrected chi connectivity index (χ2v) is 3.69. The number of nitrogens with zero attached hydrogens (tertiary/aromatic N) is 2. The standard InChI is InChI=1S/C11H6ClF3N2/c12-9-2-1-7(11(13,14)15)5-8(9)10-3-4-16-6-17-10/h1-6H. The van der Waals surface area contributed by atoms with E-state index < -0.39 is 11.7 Å². The van der Waals surface area contributed by atoms with Gasteiger partial charge in [-0.25, -0.2) is 9.97 Å². The summed E-state index contributed by atoms with van der Waals surface area (Å²) in [4.78, 5) is 7.57. The molecular formula is C11H6ClF3N2. The molecule has 1 aromatic carbocycles. The Balaban J connectivity index is 2.55. The molecule has 1 aromatic heterocycles. The molecule has 0 aliphatic rings. The van der Waals surface area contributed by atoms with Gasteiger partial charge in [0.05, 0.1) is 11.3 Å². The topological polar surface area (TPSA) is 25.8 Å². The second kappa shape index (κ2) is 4.33. The lowest BCUT2D eigenvalue weighted by atomic mass is 10.1. The highest BCUT2D eigenvalue weighted by Crippen LogP contribution is 2.34. The van der Waals surface area contributed by atoms with Gasteiger partial charge in [-0.15, -0.1) is 0 Å². The first-order valence-electron chi connectivity index (χ1n) is 4.61. The van der Waals surface area contributed by atoms with Crippen molar-refractivity contribution in [2.75, 3.05) is 0 Å². The van der Waals surface area contributed by atoms with Gasteiger partial charge in [-0.05, 0) is 24.3 Å². The summed E-state index contributed by atoms with van der Waals surface area (Å²) in [5, 5.41) is 0.219. The molecule has 17 heavy (non-hydrogen) atoms. The zero-order valence-corrected chi connectivity index (χ0v) is 9.13. The number of hydrogen-bond acceptors (Lipinski definition) is 2. The van der Waals surface area contributed by atoms with E-state index in [4.69, 9.17) is 11.6 Å². The van der Waals surface area contributed by atoms with E-state index >= 15 is 0 Å². The zero-order chi connectivity index (χ0) is 12.5. The van der Waals surface area contributed by atoms with Crippen molar-refractivity contribution in [3.05, 3.63) is 47.4 Å². The Kier molecular flexibility index (Phi) is 3.02. The molecule has 0 unspecified atom stereocenters. The van der Waals surface area contributed by atoms with Crippen LogP contribution in [-0.4, -0.2) is 9.97 Å². The molecular weight excluding hydrogens is 253 g/mol. The van der Waals surface area contributed by atoms with Gasteiger partial charge < -0.3 is 0 Å². The second-order valence-electron chi connectivity index (χ2n) is 3.29. The summed E-state index contributed by atoms with van der Waals surface area (Å²) in [5.74, 6) is 0. The first-order valence-corrected chi connectivity index (χ1v) is 4.99. The first-order chi connectivity index (χ1) is 7.98. The molecule has 2 rings (SSSR count). The van der Waals surface area contributed by atoms with Gasteiger partial charge in [-0.1, -0.05) is 11.6 Å². The van der Waals surface area contributed by atoms with Gasteiger partial charge in [0.15, 0.2) is 0 Å². The third-order valence-electron chi connectivity index (χ3n) is 2.15. The third-order valence-corrected chi connectivity index (χ3v) is 2.48. The van der Waals surface area contributed by atoms with E-state index in [9.17, 15) is 13.2 Å². The molecule has 0 spiro atoms. The first kappa shape index (κ1) is 11.9. The van der Waals surface area contributed by atoms with E-state index in [1.54, 1.807) is 0 Å². The van der Waals surface area contributed by atoms with E-state index in [-0.39, 0.29) is 10.6 Å². The molecule has 0 saturated heterocycles. The maximum atomic E-state index is 12.5. The Bertz CT molecular complexity index is 526. The van der Waals surface area contributed by atoms with Crippen LogP contribution in [-0.2, 0) is 6.18 Å². The SMILES string of the molecule is FC(F)(F)c1ccc(Cl)c(-c2ccncn2)c1. The lowest BCUT2D eigenvalue weighted by molar-refractivity contribution is -0.137. The minimum Gasteiger partial charge on any atom is -0.245 e. The maximum absolute atomic E-state index is 12.5. The van der Waals surface area contributed by atoms with Crippen LogP contribution in [0, 0.1) is 0 Å². The Hall–Kier alpha value is -1.62. The van der Waals surface area contributed by atoms with Crippen molar-refractivity contribution >= 4 is 11.6 Å². The lowest BCUT2D eigenvalue weighted by Crippen LogP contribution is -2.04. The van der Waals surface area contributed by atoms with Crippen molar-refractivity contribution < 1.29 is 13.2 Å². The van der Waals surface area contributed by atoms with Crippen molar-refractivity contribution in [1.82, 2.24) is 9.97 Å². The van der Waals surface area contributed by atoms with E-state index in [0.717, 1.165) is 12.1 Å². The minimum absolute atomic E-state index is 0.219. The van der Waals surface area contributed by atoms with Crippen molar-refractivity contribution in [3.63, 3.8) is 0 Å². The van der Waals surface area contributed by atoms with Crippen LogP contribution in [0.1, 0.15) is 5.56 Å². The molecule has 0 saturated carbocycles. The molecule has 0 radical (unpaired) electrons. The third kappa shape index (κ3) is 2.55. The molecule has 0 amide bonds. The van der Waals surface area contributed by atoms with Crippen LogP contribution < -0.4 is 0 Å². The fourth-order valence-corrected chi connectivity index (χ4v) is 1.56. The van der Waals surface area contributed by atoms with E-state index in [0.29, 0.717) is 5.69 Å². The predicted octanol–water partition coefficient (Wildman–Crippen LogP) is 3.82. The Morgan fingerprint density at radius 3 is 2.47 bits per heavy atom. The maximum Gasteiger partial charge on any atom is 0.416 e. The van der Waals surface area contributed by atoms with Gasteiger partial charge in [0.2, 0.25) is 0 Å². The quantitative estimate of drug-likeness (QED) is 0.777. The molecule has 2 aromatic rings. The number of halogens is 4. The Morgan fingerprint density at radius 2 is 1.88 bits per heavy atom. The Morgan fingerprint density at radius 1 is 1.12 bits per heavy atom. The van der Waals surface area contributed by atoms with Gasteiger partial charge in [0.25, 0.3) is 0 Å². The number of hydrogen-bond donors (Lipinski definition) is 0. The van der Waals surface area contributed by atoms with Crippen LogP contribution in [0.2, 0.25) is 5.02 Å². The predicted molar refractivity (Wildman–Crippen MR) is 57.5 cm³/mol. The molecule has 0 atom stereocenters. The van der Waals surface area contributed by atoms with Gasteiger partial charge in [0.1, 0.15) is 6.33 Å². The summed E-state index contributed by atoms with van der Waals surface area (Å²) in [6, 6.07) is 4.63. The minimum atomic E-state index is -4.40. The summed E-state index contributed by atoms with van der Waals surface area (Å²) in [7, 11) is 0. The molecule has 0 bridgehead atoms. The van der Waals surface area contributed by atoms with Crippen molar-refractivity contribution in [3.8, 4) is 11.3 Å². The number of alkyl halides is 3. The van der Waals surface area contributed by atoms with Crippen LogP contribution >= 0.6 is 11.6 Å². The summed E-state index contributed by atoms with van der Waals surface area (Å²) in [6.07, 6.45) is -1.70. The lowest BCUT2D eigenvalue weighted by Gasteiger charge is -2.09. The average molecular weight is 259 g/mol. The van der Waals surface area contributed by atoms with Crippen LogP contribution in [0.25, 0.3) is 11.3 Å². The van der Waals surface area contributed by atoms with E-state index in [2.05, 4.69) is 9.97 Å². The highest BCUT2D eigenvalue weighted by atomic mass is 35.5. The van der Waals surface area contributed by atoms with E-state index in [1.165, 1.54) is 24.7 Å². The molecule has 0 aliphatic carbocycles. The zero-order valence-electron chi connectivity index (χ0n) is 8.37. The number of rotatable bonds is 1. The molecule has 0 N–H and O–H groups in total. The Labute approximate surface area is 100 Å². The molecule has 1 heterocycles. The summed E-state index contributed by atoms with van der Waals surface area (Å²) in [5.41, 5.74) is -0.157. The van der Waals surface area contributed by atoms with Crippen molar-refractivity contribution in [2.45, 2.75) is 6.18 Å². The molecule has 0 aliphatic heterocycles. The van der Waals surface area contributed by atoms with Gasteiger partial charge in [-0.3, -0.25) is 0 Å². The fraction of sp³-hybridized carbons (Fsp3) is 0.0909. The highest BCUT2D eigenvalue weighted by Gasteiger charge is 2.31. The fourth-order valence-electron chi connectivity index (χ4n) is 1.35. The normalized spacial score (nSPS) is 11.5. The number of aromatic nitrogens is 2. The largest absolute Gasteiger partial charge is 0.416 e. The molecule has 6 heteroatoms. The van der Waals surface area contributed by atoms with Crippen molar-refractivity contribution in [2.24, 2.45) is 0 Å². The summed E-state index contributed by atoms with van der Waals surface area (Å²) in [6.45, 7) is 0. The van der Waals surface area contributed by atoms with Gasteiger partial charge >= 0.3 is 6.18 Å². The molecule has 2 nitrogen and oxygen atoms in total. The molecule has 88 valence electrons. The van der Waals surface area contributed by atoms with Crippen LogP contribution in [0.4, 0.5) is 13.2 Å². The van der Waals surface area contributed by atoms with E-state index in [1.807, 2.05) is 0 Å². The van der Waals surface area contributed by atoms with Crippen molar-refractivity contribution in [1.29, 1.82) is 0 Å². The van der Waals surface area contributed by atoms with Crippen LogP contribution in [0.15, 0.2) is 36.8 Å². The van der Waals surface area contributed by atoms with Crippen LogP contribution in [0.5, 0.6) is 0 Å². The summed E-state index contributed by atoms with van der Waals surface area (Å²) < 4.78 is 37.6. The smallest absolute Gasteiger partial charge is 0.245 e. The number of benzene rings is 1.